The molecule has 90 valence electrons. The van der Waals surface area contributed by atoms with E-state index >= 15 is 0 Å². The van der Waals surface area contributed by atoms with Gasteiger partial charge in [0.2, 0.25) is 0 Å². The predicted octanol–water partition coefficient (Wildman–Crippen LogP) is -0.573. The Bertz CT molecular complexity index is 575. The molecule has 0 spiro atoms. The van der Waals surface area contributed by atoms with Crippen LogP contribution in [0.4, 0.5) is 0 Å². The number of aliphatic hydroxyl groups is 1. The Balaban J connectivity index is 2.37. The molecular formula is C10H12N4O3. The van der Waals surface area contributed by atoms with E-state index in [0.29, 0.717) is 5.56 Å². The third kappa shape index (κ3) is 2.24. The van der Waals surface area contributed by atoms with Crippen molar-refractivity contribution >= 4 is 0 Å². The number of nitrogens with zero attached hydrogens (tertiary/aromatic N) is 3. The van der Waals surface area contributed by atoms with Crippen LogP contribution in [0.25, 0.3) is 11.5 Å². The average Bonchev–Trinajstić information content (AvgIpc) is 2.81. The first-order valence-electron chi connectivity index (χ1n) is 4.99. The molecular weight excluding hydrogens is 224 g/mol. The number of pyridine rings is 1. The van der Waals surface area contributed by atoms with Gasteiger partial charge in [-0.2, -0.15) is 4.98 Å². The van der Waals surface area contributed by atoms with Crippen LogP contribution in [0.2, 0.25) is 0 Å². The maximum atomic E-state index is 11.4. The van der Waals surface area contributed by atoms with Crippen LogP contribution < -0.4 is 11.3 Å². The molecule has 1 atom stereocenters. The van der Waals surface area contributed by atoms with Crippen LogP contribution >= 0.6 is 0 Å². The fourth-order valence-electron chi connectivity index (χ4n) is 1.27. The van der Waals surface area contributed by atoms with Crippen LogP contribution in [0.5, 0.6) is 0 Å². The lowest BCUT2D eigenvalue weighted by molar-refractivity contribution is 0.260. The fraction of sp³-hybridized carbons (Fsp3) is 0.300. The zero-order valence-corrected chi connectivity index (χ0v) is 9.20. The van der Waals surface area contributed by atoms with Crippen LogP contribution in [0, 0.1) is 0 Å². The highest BCUT2D eigenvalue weighted by Gasteiger charge is 2.14. The van der Waals surface area contributed by atoms with Crippen molar-refractivity contribution in [1.29, 1.82) is 0 Å². The van der Waals surface area contributed by atoms with Crippen LogP contribution in [0.3, 0.4) is 0 Å². The summed E-state index contributed by atoms with van der Waals surface area (Å²) in [6.07, 6.45) is 1.60. The van der Waals surface area contributed by atoms with Crippen molar-refractivity contribution in [2.45, 2.75) is 6.04 Å². The van der Waals surface area contributed by atoms with E-state index in [9.17, 15) is 4.79 Å². The summed E-state index contributed by atoms with van der Waals surface area (Å²) in [6.45, 7) is -0.268. The van der Waals surface area contributed by atoms with Crippen LogP contribution in [0.15, 0.2) is 27.6 Å². The smallest absolute Gasteiger partial charge is 0.258 e. The topological polar surface area (TPSA) is 107 Å². The lowest BCUT2D eigenvalue weighted by Crippen LogP contribution is -2.16. The molecule has 0 fully saturated rings. The summed E-state index contributed by atoms with van der Waals surface area (Å²) in [4.78, 5) is 15.4. The quantitative estimate of drug-likeness (QED) is 0.738. The van der Waals surface area contributed by atoms with Gasteiger partial charge in [0.25, 0.3) is 11.4 Å². The molecule has 0 aliphatic rings. The number of aryl methyl sites for hydroxylation is 1. The molecule has 1 unspecified atom stereocenters. The highest BCUT2D eigenvalue weighted by Crippen LogP contribution is 2.16. The molecule has 0 saturated carbocycles. The monoisotopic (exact) mass is 236 g/mol. The third-order valence-electron chi connectivity index (χ3n) is 2.32. The van der Waals surface area contributed by atoms with Crippen LogP contribution in [0.1, 0.15) is 11.9 Å². The van der Waals surface area contributed by atoms with Crippen molar-refractivity contribution in [2.24, 2.45) is 12.8 Å². The second-order valence-corrected chi connectivity index (χ2v) is 3.61. The van der Waals surface area contributed by atoms with Crippen molar-refractivity contribution in [2.75, 3.05) is 6.61 Å². The normalized spacial score (nSPS) is 12.6. The van der Waals surface area contributed by atoms with Gasteiger partial charge < -0.3 is 19.9 Å². The lowest BCUT2D eigenvalue weighted by atomic mass is 10.2. The summed E-state index contributed by atoms with van der Waals surface area (Å²) < 4.78 is 6.40. The van der Waals surface area contributed by atoms with Crippen molar-refractivity contribution in [3.05, 3.63) is 34.5 Å². The largest absolute Gasteiger partial charge is 0.394 e. The zero-order chi connectivity index (χ0) is 12.4. The Morgan fingerprint density at radius 3 is 3.06 bits per heavy atom. The maximum absolute atomic E-state index is 11.4. The number of hydrogen-bond donors (Lipinski definition) is 2. The van der Waals surface area contributed by atoms with E-state index in [0.717, 1.165) is 0 Å². The molecule has 0 saturated heterocycles. The fourth-order valence-corrected chi connectivity index (χ4v) is 1.27. The summed E-state index contributed by atoms with van der Waals surface area (Å²) in [5, 5.41) is 12.5. The Morgan fingerprint density at radius 1 is 1.65 bits per heavy atom. The first kappa shape index (κ1) is 11.5. The standard InChI is InChI=1S/C10H12N4O3/c1-14-3-2-6(4-8(14)16)10-12-9(13-17-10)7(11)5-15/h2-4,7,15H,5,11H2,1H3. The van der Waals surface area contributed by atoms with Gasteiger partial charge in [-0.3, -0.25) is 4.79 Å². The van der Waals surface area contributed by atoms with Crippen LogP contribution in [-0.2, 0) is 7.05 Å². The van der Waals surface area contributed by atoms with Gasteiger partial charge in [0.15, 0.2) is 5.82 Å². The highest BCUT2D eigenvalue weighted by molar-refractivity contribution is 5.51. The summed E-state index contributed by atoms with van der Waals surface area (Å²) in [7, 11) is 1.65. The number of aliphatic hydroxyl groups excluding tert-OH is 1. The highest BCUT2D eigenvalue weighted by atomic mass is 16.5. The van der Waals surface area contributed by atoms with E-state index in [2.05, 4.69) is 10.1 Å². The van der Waals surface area contributed by atoms with Gasteiger partial charge in [-0.05, 0) is 6.07 Å². The van der Waals surface area contributed by atoms with E-state index in [4.69, 9.17) is 15.4 Å². The predicted molar refractivity (Wildman–Crippen MR) is 59.0 cm³/mol. The molecule has 3 N–H and O–H groups in total. The van der Waals surface area contributed by atoms with Crippen molar-refractivity contribution in [3.63, 3.8) is 0 Å². The average molecular weight is 236 g/mol. The third-order valence-corrected chi connectivity index (χ3v) is 2.32. The summed E-state index contributed by atoms with van der Waals surface area (Å²) in [5.74, 6) is 0.421. The molecule has 0 aromatic carbocycles. The molecule has 0 radical (unpaired) electrons. The number of rotatable bonds is 3. The molecule has 2 aromatic rings. The van der Waals surface area contributed by atoms with Gasteiger partial charge in [0.05, 0.1) is 12.6 Å². The van der Waals surface area contributed by atoms with E-state index in [1.165, 1.54) is 10.6 Å². The van der Waals surface area contributed by atoms with E-state index < -0.39 is 6.04 Å². The zero-order valence-electron chi connectivity index (χ0n) is 9.20. The van der Waals surface area contributed by atoms with E-state index in [1.54, 1.807) is 19.3 Å². The molecule has 17 heavy (non-hydrogen) atoms. The van der Waals surface area contributed by atoms with Gasteiger partial charge in [-0.1, -0.05) is 5.16 Å². The van der Waals surface area contributed by atoms with Crippen LogP contribution in [-0.4, -0.2) is 26.4 Å². The first-order chi connectivity index (χ1) is 8.11. The molecule has 2 heterocycles. The number of hydrogen-bond acceptors (Lipinski definition) is 6. The minimum Gasteiger partial charge on any atom is -0.394 e. The number of aromatic nitrogens is 3. The Morgan fingerprint density at radius 2 is 2.41 bits per heavy atom. The Hall–Kier alpha value is -1.99. The van der Waals surface area contributed by atoms with Gasteiger partial charge >= 0.3 is 0 Å². The van der Waals surface area contributed by atoms with Gasteiger partial charge in [-0.25, -0.2) is 0 Å². The summed E-state index contributed by atoms with van der Waals surface area (Å²) >= 11 is 0. The molecule has 0 amide bonds. The minimum atomic E-state index is -0.681. The Kier molecular flexibility index (Phi) is 3.03. The number of nitrogens with two attached hydrogens (primary N) is 1. The molecule has 7 nitrogen and oxygen atoms in total. The maximum Gasteiger partial charge on any atom is 0.258 e. The van der Waals surface area contributed by atoms with Gasteiger partial charge in [-0.15, -0.1) is 0 Å². The molecule has 2 aromatic heterocycles. The summed E-state index contributed by atoms with van der Waals surface area (Å²) in [6, 6.07) is 2.39. The van der Waals surface area contributed by atoms with Crippen molar-refractivity contribution < 1.29 is 9.63 Å². The van der Waals surface area contributed by atoms with Gasteiger partial charge in [0.1, 0.15) is 0 Å². The molecule has 7 heteroatoms. The SMILES string of the molecule is Cn1ccc(-c2nc(C(N)CO)no2)cc1=O. The van der Waals surface area contributed by atoms with Crippen molar-refractivity contribution in [1.82, 2.24) is 14.7 Å². The minimum absolute atomic E-state index is 0.172. The van der Waals surface area contributed by atoms with Crippen molar-refractivity contribution in [3.8, 4) is 11.5 Å². The van der Waals surface area contributed by atoms with E-state index in [1.807, 2.05) is 0 Å². The van der Waals surface area contributed by atoms with E-state index in [-0.39, 0.29) is 23.9 Å². The van der Waals surface area contributed by atoms with Gasteiger partial charge in [0, 0.05) is 24.9 Å². The lowest BCUT2D eigenvalue weighted by Gasteiger charge is -1.99. The molecule has 0 aliphatic carbocycles. The molecule has 0 aliphatic heterocycles. The molecule has 0 bridgehead atoms. The second-order valence-electron chi connectivity index (χ2n) is 3.61. The second kappa shape index (κ2) is 4.48. The summed E-state index contributed by atoms with van der Waals surface area (Å²) in [5.41, 5.74) is 5.89. The Labute approximate surface area is 96.5 Å². The first-order valence-corrected chi connectivity index (χ1v) is 4.99. The molecule has 2 rings (SSSR count).